The maximum Gasteiger partial charge on any atom is 0.252 e. The summed E-state index contributed by atoms with van der Waals surface area (Å²) in [4.78, 5) is 32.5. The normalized spacial score (nSPS) is 19.3. The van der Waals surface area contributed by atoms with Crippen molar-refractivity contribution in [3.8, 4) is 0 Å². The summed E-state index contributed by atoms with van der Waals surface area (Å²) in [7, 11) is 0. The quantitative estimate of drug-likeness (QED) is 0.467. The molecule has 0 spiro atoms. The zero-order valence-corrected chi connectivity index (χ0v) is 20.7. The fourth-order valence-electron chi connectivity index (χ4n) is 4.95. The standard InChI is InChI=1S/C26H30N6O2S/c1-15-8-18(13-27-11-15)30-26-31-29-14-32(26)19-6-7-22-20(9-19)24(25(34)28-12-16-2-3-16)23(35-22)10-21(33)17-4-5-17/h8,11,13-14,16-17,19H,2-7,9-10,12H2,1H3,(H,28,34)(H,30,31)/t19-/m1/s1. The van der Waals surface area contributed by atoms with Crippen LogP contribution in [0.2, 0.25) is 0 Å². The highest BCUT2D eigenvalue weighted by atomic mass is 32.1. The summed E-state index contributed by atoms with van der Waals surface area (Å²) >= 11 is 1.68. The van der Waals surface area contributed by atoms with Crippen LogP contribution < -0.4 is 10.6 Å². The molecule has 0 aliphatic heterocycles. The topological polar surface area (TPSA) is 102 Å². The molecule has 182 valence electrons. The number of carbonyl (C=O) groups is 2. The van der Waals surface area contributed by atoms with Crippen molar-refractivity contribution < 1.29 is 9.59 Å². The van der Waals surface area contributed by atoms with E-state index >= 15 is 0 Å². The van der Waals surface area contributed by atoms with Crippen LogP contribution in [0.25, 0.3) is 0 Å². The number of pyridine rings is 1. The molecule has 3 aliphatic rings. The second-order valence-corrected chi connectivity index (χ2v) is 11.4. The molecule has 9 heteroatoms. The second-order valence-electron chi connectivity index (χ2n) is 10.2. The van der Waals surface area contributed by atoms with Crippen LogP contribution in [0.15, 0.2) is 24.8 Å². The fourth-order valence-corrected chi connectivity index (χ4v) is 6.31. The minimum absolute atomic E-state index is 0.0124. The van der Waals surface area contributed by atoms with Gasteiger partial charge in [-0.25, -0.2) is 0 Å². The number of fused-ring (bicyclic) bond motifs is 1. The van der Waals surface area contributed by atoms with Gasteiger partial charge < -0.3 is 10.6 Å². The Bertz CT molecular complexity index is 1270. The maximum atomic E-state index is 13.4. The fraction of sp³-hybridized carbons (Fsp3) is 0.500. The molecule has 2 fully saturated rings. The van der Waals surface area contributed by atoms with E-state index in [0.717, 1.165) is 65.9 Å². The van der Waals surface area contributed by atoms with Crippen molar-refractivity contribution in [2.45, 2.75) is 64.3 Å². The largest absolute Gasteiger partial charge is 0.352 e. The first-order chi connectivity index (χ1) is 17.0. The van der Waals surface area contributed by atoms with E-state index in [1.54, 1.807) is 23.9 Å². The van der Waals surface area contributed by atoms with Gasteiger partial charge in [0.25, 0.3) is 5.91 Å². The Morgan fingerprint density at radius 2 is 2.03 bits per heavy atom. The number of nitrogens with one attached hydrogen (secondary N) is 2. The number of hydrogen-bond donors (Lipinski definition) is 2. The molecule has 1 atom stereocenters. The molecule has 2 saturated carbocycles. The Morgan fingerprint density at radius 3 is 2.80 bits per heavy atom. The van der Waals surface area contributed by atoms with Crippen LogP contribution in [0.5, 0.6) is 0 Å². The average molecular weight is 491 g/mol. The lowest BCUT2D eigenvalue weighted by Gasteiger charge is -2.25. The van der Waals surface area contributed by atoms with Crippen molar-refractivity contribution in [2.24, 2.45) is 11.8 Å². The molecule has 3 aliphatic carbocycles. The molecule has 3 aromatic heterocycles. The number of aryl methyl sites for hydroxylation is 2. The van der Waals surface area contributed by atoms with Crippen LogP contribution >= 0.6 is 11.3 Å². The summed E-state index contributed by atoms with van der Waals surface area (Å²) in [6.07, 6.45) is 12.7. The molecule has 6 rings (SSSR count). The molecule has 35 heavy (non-hydrogen) atoms. The summed E-state index contributed by atoms with van der Waals surface area (Å²) in [5.41, 5.74) is 3.80. The molecular weight excluding hydrogens is 460 g/mol. The molecule has 3 aromatic rings. The van der Waals surface area contributed by atoms with Crippen LogP contribution in [-0.2, 0) is 24.1 Å². The minimum atomic E-state index is -0.0124. The lowest BCUT2D eigenvalue weighted by atomic mass is 9.90. The first-order valence-electron chi connectivity index (χ1n) is 12.6. The lowest BCUT2D eigenvalue weighted by Crippen LogP contribution is -2.28. The number of anilines is 2. The van der Waals surface area contributed by atoms with Crippen LogP contribution in [0.3, 0.4) is 0 Å². The Morgan fingerprint density at radius 1 is 1.17 bits per heavy atom. The Hall–Kier alpha value is -3.07. The third-order valence-electron chi connectivity index (χ3n) is 7.25. The van der Waals surface area contributed by atoms with Crippen molar-refractivity contribution in [2.75, 3.05) is 11.9 Å². The molecule has 8 nitrogen and oxygen atoms in total. The van der Waals surface area contributed by atoms with E-state index in [0.29, 0.717) is 18.3 Å². The monoisotopic (exact) mass is 490 g/mol. The lowest BCUT2D eigenvalue weighted by molar-refractivity contribution is -0.119. The van der Waals surface area contributed by atoms with Gasteiger partial charge in [-0.3, -0.25) is 19.1 Å². The summed E-state index contributed by atoms with van der Waals surface area (Å²) in [6.45, 7) is 2.73. The number of Topliss-reactive ketones (excluding diaryl/α,β-unsaturated/α-hetero) is 1. The van der Waals surface area contributed by atoms with Gasteiger partial charge in [-0.15, -0.1) is 21.5 Å². The van der Waals surface area contributed by atoms with Crippen molar-refractivity contribution >= 4 is 34.7 Å². The molecule has 0 saturated heterocycles. The van der Waals surface area contributed by atoms with Crippen LogP contribution in [-0.4, -0.2) is 38.0 Å². The van der Waals surface area contributed by atoms with Gasteiger partial charge in [-0.05, 0) is 75.0 Å². The van der Waals surface area contributed by atoms with Gasteiger partial charge in [0.05, 0.1) is 17.4 Å². The molecule has 0 bridgehead atoms. The predicted octanol–water partition coefficient (Wildman–Crippen LogP) is 4.18. The van der Waals surface area contributed by atoms with Crippen molar-refractivity contribution in [3.63, 3.8) is 0 Å². The molecule has 3 heterocycles. The Labute approximate surface area is 208 Å². The van der Waals surface area contributed by atoms with Gasteiger partial charge >= 0.3 is 0 Å². The van der Waals surface area contributed by atoms with Gasteiger partial charge in [0.1, 0.15) is 12.1 Å². The summed E-state index contributed by atoms with van der Waals surface area (Å²) in [5, 5.41) is 15.0. The SMILES string of the molecule is Cc1cncc(Nc2nncn2[C@@H]2CCc3sc(CC(=O)C4CC4)c(C(=O)NCC4CC4)c3C2)c1. The number of rotatable bonds is 9. The van der Waals surface area contributed by atoms with Gasteiger partial charge in [-0.1, -0.05) is 0 Å². The van der Waals surface area contributed by atoms with Gasteiger partial charge in [0.2, 0.25) is 5.95 Å². The molecule has 0 unspecified atom stereocenters. The number of nitrogens with zero attached hydrogens (tertiary/aromatic N) is 4. The molecule has 0 radical (unpaired) electrons. The zero-order valence-electron chi connectivity index (χ0n) is 19.9. The van der Waals surface area contributed by atoms with E-state index in [1.807, 2.05) is 19.2 Å². The molecule has 1 amide bonds. The Balaban J connectivity index is 1.27. The van der Waals surface area contributed by atoms with Crippen LogP contribution in [0.4, 0.5) is 11.6 Å². The van der Waals surface area contributed by atoms with E-state index in [2.05, 4.69) is 30.4 Å². The van der Waals surface area contributed by atoms with Gasteiger partial charge in [-0.2, -0.15) is 0 Å². The van der Waals surface area contributed by atoms with Crippen molar-refractivity contribution in [1.82, 2.24) is 25.1 Å². The highest BCUT2D eigenvalue weighted by Gasteiger charge is 2.35. The zero-order chi connectivity index (χ0) is 23.9. The third-order valence-corrected chi connectivity index (χ3v) is 8.54. The first-order valence-corrected chi connectivity index (χ1v) is 13.4. The summed E-state index contributed by atoms with van der Waals surface area (Å²) in [6, 6.07) is 2.16. The van der Waals surface area contributed by atoms with E-state index < -0.39 is 0 Å². The second kappa shape index (κ2) is 9.18. The third kappa shape index (κ3) is 4.87. The van der Waals surface area contributed by atoms with E-state index in [1.165, 1.54) is 17.7 Å². The van der Waals surface area contributed by atoms with Gasteiger partial charge in [0, 0.05) is 40.9 Å². The van der Waals surface area contributed by atoms with Crippen LogP contribution in [0, 0.1) is 18.8 Å². The number of carbonyl (C=O) groups excluding carboxylic acids is 2. The highest BCUT2D eigenvalue weighted by Crippen LogP contribution is 2.41. The number of thiophene rings is 1. The minimum Gasteiger partial charge on any atom is -0.352 e. The van der Waals surface area contributed by atoms with Crippen molar-refractivity contribution in [3.05, 3.63) is 51.2 Å². The van der Waals surface area contributed by atoms with Gasteiger partial charge in [0.15, 0.2) is 0 Å². The Kier molecular flexibility index (Phi) is 5.88. The summed E-state index contributed by atoms with van der Waals surface area (Å²) < 4.78 is 2.07. The molecule has 0 aromatic carbocycles. The van der Waals surface area contributed by atoms with E-state index in [4.69, 9.17) is 0 Å². The first kappa shape index (κ1) is 22.4. The molecule has 2 N–H and O–H groups in total. The highest BCUT2D eigenvalue weighted by molar-refractivity contribution is 7.12. The van der Waals surface area contributed by atoms with E-state index in [9.17, 15) is 9.59 Å². The number of hydrogen-bond acceptors (Lipinski definition) is 7. The smallest absolute Gasteiger partial charge is 0.252 e. The van der Waals surface area contributed by atoms with Crippen molar-refractivity contribution in [1.29, 1.82) is 0 Å². The molecular formula is C26H30N6O2S. The predicted molar refractivity (Wildman–Crippen MR) is 134 cm³/mol. The average Bonchev–Trinajstić information content (AvgIpc) is 3.77. The maximum absolute atomic E-state index is 13.4. The number of aromatic nitrogens is 4. The number of ketones is 1. The van der Waals surface area contributed by atoms with Crippen LogP contribution in [0.1, 0.15) is 69.4 Å². The number of amides is 1. The summed E-state index contributed by atoms with van der Waals surface area (Å²) in [5.74, 6) is 1.76. The van der Waals surface area contributed by atoms with E-state index in [-0.39, 0.29) is 23.7 Å².